The molecule has 4 amide bonds. The standard InChI is InChI=1S/C39H43N4O8P/c40-37(45)33(22-27-10-4-1-5-11-27)42-38(46)34(23-29-16-18-31(19-17-29)30-14-8-3-9-15-30)41-35(44)26-52(48,49)36(24-28-12-6-2-7-13-28)43-39(47)51-32-20-21-50-25-32/h1-19,32-34,36H,20-26H2,(H2,40,45)(H,41,44)(H,42,46)(H,43,47)(H,48,49)/t32-,33-,34-,36?/m0/s1. The molecule has 0 aromatic heterocycles. The number of hydrogen-bond acceptors (Lipinski definition) is 7. The molecule has 6 N–H and O–H groups in total. The summed E-state index contributed by atoms with van der Waals surface area (Å²) in [5.41, 5.74) is 9.72. The summed E-state index contributed by atoms with van der Waals surface area (Å²) in [5.74, 6) is -3.74. The number of hydrogen-bond donors (Lipinski definition) is 5. The summed E-state index contributed by atoms with van der Waals surface area (Å²) >= 11 is 0. The van der Waals surface area contributed by atoms with Gasteiger partial charge < -0.3 is 36.1 Å². The van der Waals surface area contributed by atoms with E-state index in [1.807, 2.05) is 60.7 Å². The second-order valence-corrected chi connectivity index (χ2v) is 15.1. The normalized spacial score (nSPS) is 16.8. The molecular formula is C39H43N4O8P. The van der Waals surface area contributed by atoms with E-state index in [1.165, 1.54) is 0 Å². The number of ether oxygens (including phenoxy) is 2. The van der Waals surface area contributed by atoms with Crippen LogP contribution in [0.5, 0.6) is 0 Å². The minimum absolute atomic E-state index is 0.000666. The van der Waals surface area contributed by atoms with Crippen LogP contribution in [-0.2, 0) is 47.7 Å². The molecule has 52 heavy (non-hydrogen) atoms. The minimum Gasteiger partial charge on any atom is -0.444 e. The monoisotopic (exact) mass is 726 g/mol. The van der Waals surface area contributed by atoms with E-state index in [-0.39, 0.29) is 25.9 Å². The number of benzene rings is 4. The Hall–Kier alpha value is -5.29. The maximum absolute atomic E-state index is 13.9. The number of primary amides is 1. The highest BCUT2D eigenvalue weighted by Crippen LogP contribution is 2.46. The molecule has 1 aliphatic heterocycles. The summed E-state index contributed by atoms with van der Waals surface area (Å²) in [4.78, 5) is 63.9. The highest BCUT2D eigenvalue weighted by molar-refractivity contribution is 7.59. The lowest BCUT2D eigenvalue weighted by Gasteiger charge is -2.26. The van der Waals surface area contributed by atoms with Gasteiger partial charge in [0.25, 0.3) is 0 Å². The van der Waals surface area contributed by atoms with E-state index >= 15 is 0 Å². The molecule has 5 rings (SSSR count). The van der Waals surface area contributed by atoms with E-state index in [0.29, 0.717) is 24.2 Å². The van der Waals surface area contributed by atoms with Crippen molar-refractivity contribution in [3.05, 3.63) is 132 Å². The van der Waals surface area contributed by atoms with E-state index in [0.717, 1.165) is 16.7 Å². The van der Waals surface area contributed by atoms with Gasteiger partial charge in [-0.3, -0.25) is 18.9 Å². The maximum Gasteiger partial charge on any atom is 0.408 e. The molecule has 272 valence electrons. The zero-order valence-electron chi connectivity index (χ0n) is 28.6. The summed E-state index contributed by atoms with van der Waals surface area (Å²) in [6, 6.07) is 32.6. The lowest BCUT2D eigenvalue weighted by atomic mass is 9.99. The van der Waals surface area contributed by atoms with E-state index in [4.69, 9.17) is 15.2 Å². The molecule has 5 atom stereocenters. The van der Waals surface area contributed by atoms with E-state index < -0.39 is 61.3 Å². The summed E-state index contributed by atoms with van der Waals surface area (Å²) < 4.78 is 24.5. The van der Waals surface area contributed by atoms with Gasteiger partial charge in [0.15, 0.2) is 0 Å². The molecule has 1 heterocycles. The topological polar surface area (TPSA) is 186 Å². The first kappa shape index (κ1) is 38.0. The second kappa shape index (κ2) is 18.3. The number of alkyl carbamates (subject to hydrolysis) is 1. The molecule has 4 aromatic carbocycles. The van der Waals surface area contributed by atoms with Gasteiger partial charge >= 0.3 is 6.09 Å². The van der Waals surface area contributed by atoms with Gasteiger partial charge in [-0.05, 0) is 27.8 Å². The molecule has 0 aliphatic carbocycles. The fourth-order valence-electron chi connectivity index (χ4n) is 5.87. The minimum atomic E-state index is -4.48. The second-order valence-electron chi connectivity index (χ2n) is 12.7. The molecule has 0 saturated carbocycles. The van der Waals surface area contributed by atoms with Crippen LogP contribution in [0.3, 0.4) is 0 Å². The van der Waals surface area contributed by atoms with Gasteiger partial charge in [-0.25, -0.2) is 4.79 Å². The molecule has 1 saturated heterocycles. The van der Waals surface area contributed by atoms with E-state index in [2.05, 4.69) is 16.0 Å². The summed E-state index contributed by atoms with van der Waals surface area (Å²) in [6.07, 6.45) is -1.75. The van der Waals surface area contributed by atoms with Crippen LogP contribution in [0, 0.1) is 0 Å². The van der Waals surface area contributed by atoms with Crippen molar-refractivity contribution in [2.45, 2.75) is 49.7 Å². The molecule has 4 aromatic rings. The lowest BCUT2D eigenvalue weighted by molar-refractivity contribution is -0.130. The van der Waals surface area contributed by atoms with Crippen LogP contribution in [0.15, 0.2) is 115 Å². The number of nitrogens with one attached hydrogen (secondary N) is 3. The molecular weight excluding hydrogens is 683 g/mol. The number of carbonyl (C=O) groups excluding carboxylic acids is 4. The van der Waals surface area contributed by atoms with Gasteiger partial charge in [0.05, 0.1) is 13.2 Å². The molecule has 1 fully saturated rings. The Morgan fingerprint density at radius 3 is 1.85 bits per heavy atom. The Bertz CT molecular complexity index is 1840. The van der Waals surface area contributed by atoms with Crippen LogP contribution in [0.2, 0.25) is 0 Å². The number of nitrogens with two attached hydrogens (primary N) is 1. The van der Waals surface area contributed by atoms with Crippen molar-refractivity contribution in [3.63, 3.8) is 0 Å². The van der Waals surface area contributed by atoms with E-state index in [1.54, 1.807) is 54.6 Å². The summed E-state index contributed by atoms with van der Waals surface area (Å²) in [7, 11) is -4.48. The van der Waals surface area contributed by atoms with Crippen LogP contribution in [0.25, 0.3) is 11.1 Å². The quantitative estimate of drug-likeness (QED) is 0.107. The van der Waals surface area contributed by atoms with Crippen molar-refractivity contribution >= 4 is 31.2 Å². The Morgan fingerprint density at radius 1 is 0.731 bits per heavy atom. The lowest BCUT2D eigenvalue weighted by Crippen LogP contribution is -2.54. The van der Waals surface area contributed by atoms with E-state index in [9.17, 15) is 28.6 Å². The molecule has 0 radical (unpaired) electrons. The van der Waals surface area contributed by atoms with Gasteiger partial charge in [-0.15, -0.1) is 0 Å². The van der Waals surface area contributed by atoms with Crippen molar-refractivity contribution < 1.29 is 38.1 Å². The molecule has 0 spiro atoms. The largest absolute Gasteiger partial charge is 0.444 e. The summed E-state index contributed by atoms with van der Waals surface area (Å²) in [6.45, 7) is 0.652. The van der Waals surface area contributed by atoms with Crippen molar-refractivity contribution in [3.8, 4) is 11.1 Å². The van der Waals surface area contributed by atoms with Crippen LogP contribution in [-0.4, -0.2) is 72.1 Å². The predicted molar refractivity (Wildman–Crippen MR) is 196 cm³/mol. The SMILES string of the molecule is NC(=O)[C@H](Cc1ccccc1)NC(=O)[C@H](Cc1ccc(-c2ccccc2)cc1)NC(=O)CP(=O)(O)C(Cc1ccccc1)NC(=O)O[C@H]1CCOC1. The Balaban J connectivity index is 1.33. The van der Waals surface area contributed by atoms with Gasteiger partial charge in [0.1, 0.15) is 30.1 Å². The number of amides is 4. The first-order valence-electron chi connectivity index (χ1n) is 17.0. The number of carbonyl (C=O) groups is 4. The van der Waals surface area contributed by atoms with Crippen LogP contribution in [0.1, 0.15) is 23.1 Å². The number of rotatable bonds is 16. The Morgan fingerprint density at radius 2 is 1.27 bits per heavy atom. The Kier molecular flexibility index (Phi) is 13.3. The molecule has 13 heteroatoms. The summed E-state index contributed by atoms with van der Waals surface area (Å²) in [5, 5.41) is 7.77. The van der Waals surface area contributed by atoms with Gasteiger partial charge in [-0.1, -0.05) is 115 Å². The maximum atomic E-state index is 13.9. The molecule has 12 nitrogen and oxygen atoms in total. The highest BCUT2D eigenvalue weighted by atomic mass is 31.2. The van der Waals surface area contributed by atoms with Crippen molar-refractivity contribution in [1.29, 1.82) is 0 Å². The van der Waals surface area contributed by atoms with Crippen LogP contribution < -0.4 is 21.7 Å². The Labute approximate surface area is 302 Å². The predicted octanol–water partition coefficient (Wildman–Crippen LogP) is 3.95. The third kappa shape index (κ3) is 11.4. The third-order valence-corrected chi connectivity index (χ3v) is 10.7. The van der Waals surface area contributed by atoms with Crippen molar-refractivity contribution in [2.75, 3.05) is 19.4 Å². The van der Waals surface area contributed by atoms with Gasteiger partial charge in [0.2, 0.25) is 25.1 Å². The van der Waals surface area contributed by atoms with Crippen LogP contribution >= 0.6 is 7.37 Å². The highest BCUT2D eigenvalue weighted by Gasteiger charge is 2.37. The fraction of sp³-hybridized carbons (Fsp3) is 0.282. The first-order valence-corrected chi connectivity index (χ1v) is 18.9. The average molecular weight is 727 g/mol. The zero-order valence-corrected chi connectivity index (χ0v) is 29.5. The third-order valence-electron chi connectivity index (χ3n) is 8.67. The van der Waals surface area contributed by atoms with Gasteiger partial charge in [0, 0.05) is 25.7 Å². The fourth-order valence-corrected chi connectivity index (χ4v) is 7.40. The van der Waals surface area contributed by atoms with Crippen molar-refractivity contribution in [2.24, 2.45) is 5.73 Å². The van der Waals surface area contributed by atoms with Crippen LogP contribution in [0.4, 0.5) is 4.79 Å². The van der Waals surface area contributed by atoms with Crippen molar-refractivity contribution in [1.82, 2.24) is 16.0 Å². The smallest absolute Gasteiger partial charge is 0.408 e. The molecule has 1 aliphatic rings. The van der Waals surface area contributed by atoms with Gasteiger partial charge in [-0.2, -0.15) is 0 Å². The zero-order chi connectivity index (χ0) is 36.9. The average Bonchev–Trinajstić information content (AvgIpc) is 3.65. The molecule has 0 bridgehead atoms. The molecule has 2 unspecified atom stereocenters. The first-order chi connectivity index (χ1) is 25.1.